The van der Waals surface area contributed by atoms with Crippen molar-refractivity contribution >= 4 is 0 Å². The summed E-state index contributed by atoms with van der Waals surface area (Å²) in [6, 6.07) is 0. The van der Waals surface area contributed by atoms with Crippen LogP contribution >= 0.6 is 0 Å². The molecule has 0 saturated heterocycles. The van der Waals surface area contributed by atoms with Crippen LogP contribution in [0.25, 0.3) is 0 Å². The minimum absolute atomic E-state index is 0.300. The molecule has 0 radical (unpaired) electrons. The van der Waals surface area contributed by atoms with E-state index in [2.05, 4.69) is 10.6 Å². The van der Waals surface area contributed by atoms with Gasteiger partial charge in [-0.15, -0.1) is 0 Å². The van der Waals surface area contributed by atoms with E-state index in [4.69, 9.17) is 10.2 Å². The standard InChI is InChI=1S/C11H26N2O2/c14-10-3-1-6-12-8-5-9-13-7-2-4-11-15/h12-15H,1-11H2. The average molecular weight is 218 g/mol. The highest BCUT2D eigenvalue weighted by Gasteiger charge is 1.90. The van der Waals surface area contributed by atoms with Crippen LogP contribution in [0.1, 0.15) is 32.1 Å². The largest absolute Gasteiger partial charge is 0.396 e. The van der Waals surface area contributed by atoms with Crippen molar-refractivity contribution < 1.29 is 10.2 Å². The van der Waals surface area contributed by atoms with E-state index in [-0.39, 0.29) is 0 Å². The van der Waals surface area contributed by atoms with Crippen molar-refractivity contribution in [1.82, 2.24) is 10.6 Å². The van der Waals surface area contributed by atoms with E-state index in [0.29, 0.717) is 13.2 Å². The Balaban J connectivity index is 2.81. The molecule has 4 nitrogen and oxygen atoms in total. The van der Waals surface area contributed by atoms with E-state index in [9.17, 15) is 0 Å². The van der Waals surface area contributed by atoms with Crippen LogP contribution in [0, 0.1) is 0 Å². The molecule has 0 amide bonds. The van der Waals surface area contributed by atoms with Crippen molar-refractivity contribution in [2.45, 2.75) is 32.1 Å². The Labute approximate surface area is 93.1 Å². The third-order valence-corrected chi connectivity index (χ3v) is 2.23. The lowest BCUT2D eigenvalue weighted by molar-refractivity contribution is 0.283. The summed E-state index contributed by atoms with van der Waals surface area (Å²) in [6.07, 6.45) is 5.04. The lowest BCUT2D eigenvalue weighted by Crippen LogP contribution is -2.23. The molecule has 0 fully saturated rings. The van der Waals surface area contributed by atoms with Gasteiger partial charge in [0.15, 0.2) is 0 Å². The Morgan fingerprint density at radius 2 is 0.933 bits per heavy atom. The molecule has 0 unspecified atom stereocenters. The Kier molecular flexibility index (Phi) is 13.7. The van der Waals surface area contributed by atoms with E-state index in [1.807, 2.05) is 0 Å². The summed E-state index contributed by atoms with van der Waals surface area (Å²) in [6.45, 7) is 4.69. The first-order chi connectivity index (χ1) is 7.41. The van der Waals surface area contributed by atoms with Crippen molar-refractivity contribution in [2.75, 3.05) is 39.4 Å². The zero-order valence-corrected chi connectivity index (χ0v) is 9.67. The molecule has 0 aliphatic carbocycles. The van der Waals surface area contributed by atoms with Crippen molar-refractivity contribution in [2.24, 2.45) is 0 Å². The minimum atomic E-state index is 0.300. The van der Waals surface area contributed by atoms with Gasteiger partial charge in [-0.05, 0) is 58.3 Å². The molecule has 0 saturated carbocycles. The third-order valence-electron chi connectivity index (χ3n) is 2.23. The van der Waals surface area contributed by atoms with E-state index >= 15 is 0 Å². The number of nitrogens with one attached hydrogen (secondary N) is 2. The Hall–Kier alpha value is -0.160. The number of aliphatic hydroxyl groups is 2. The maximum Gasteiger partial charge on any atom is 0.0431 e. The molecule has 0 spiro atoms. The van der Waals surface area contributed by atoms with E-state index < -0.39 is 0 Å². The summed E-state index contributed by atoms with van der Waals surface area (Å²) in [4.78, 5) is 0. The summed E-state index contributed by atoms with van der Waals surface area (Å²) < 4.78 is 0. The van der Waals surface area contributed by atoms with Gasteiger partial charge in [-0.3, -0.25) is 0 Å². The fraction of sp³-hybridized carbons (Fsp3) is 1.00. The average Bonchev–Trinajstić information content (AvgIpc) is 2.26. The Morgan fingerprint density at radius 1 is 0.533 bits per heavy atom. The Morgan fingerprint density at radius 3 is 1.33 bits per heavy atom. The number of hydrogen-bond acceptors (Lipinski definition) is 4. The first-order valence-electron chi connectivity index (χ1n) is 6.05. The van der Waals surface area contributed by atoms with Gasteiger partial charge in [0.1, 0.15) is 0 Å². The van der Waals surface area contributed by atoms with Crippen LogP contribution in [0.2, 0.25) is 0 Å². The molecule has 15 heavy (non-hydrogen) atoms. The second-order valence-corrected chi connectivity index (χ2v) is 3.71. The van der Waals surface area contributed by atoms with Crippen LogP contribution in [0.3, 0.4) is 0 Å². The van der Waals surface area contributed by atoms with Gasteiger partial charge >= 0.3 is 0 Å². The zero-order valence-electron chi connectivity index (χ0n) is 9.67. The number of unbranched alkanes of at least 4 members (excludes halogenated alkanes) is 2. The summed E-state index contributed by atoms with van der Waals surface area (Å²) in [7, 11) is 0. The summed E-state index contributed by atoms with van der Waals surface area (Å²) in [5, 5.41) is 23.8. The van der Waals surface area contributed by atoms with Gasteiger partial charge in [0.25, 0.3) is 0 Å². The van der Waals surface area contributed by atoms with Gasteiger partial charge in [-0.25, -0.2) is 0 Å². The predicted octanol–water partition coefficient (Wildman–Crippen LogP) is 0.101. The monoisotopic (exact) mass is 218 g/mol. The van der Waals surface area contributed by atoms with Crippen molar-refractivity contribution in [3.05, 3.63) is 0 Å². The highest BCUT2D eigenvalue weighted by molar-refractivity contribution is 4.52. The predicted molar refractivity (Wildman–Crippen MR) is 63.0 cm³/mol. The normalized spacial score (nSPS) is 10.8. The molecule has 0 bridgehead atoms. The van der Waals surface area contributed by atoms with Crippen LogP contribution in [-0.4, -0.2) is 49.6 Å². The fourth-order valence-corrected chi connectivity index (χ4v) is 1.31. The SMILES string of the molecule is OCCCCNCCCNCCCCO. The molecule has 0 aliphatic heterocycles. The van der Waals surface area contributed by atoms with Crippen molar-refractivity contribution in [1.29, 1.82) is 0 Å². The number of aliphatic hydroxyl groups excluding tert-OH is 2. The smallest absolute Gasteiger partial charge is 0.0431 e. The van der Waals surface area contributed by atoms with Gasteiger partial charge in [0.2, 0.25) is 0 Å². The van der Waals surface area contributed by atoms with E-state index in [0.717, 1.165) is 58.3 Å². The van der Waals surface area contributed by atoms with Gasteiger partial charge < -0.3 is 20.8 Å². The molecule has 0 atom stereocenters. The molecule has 4 heteroatoms. The van der Waals surface area contributed by atoms with Crippen LogP contribution < -0.4 is 10.6 Å². The highest BCUT2D eigenvalue weighted by atomic mass is 16.3. The second kappa shape index (κ2) is 13.8. The lowest BCUT2D eigenvalue weighted by Gasteiger charge is -2.05. The van der Waals surface area contributed by atoms with Crippen LogP contribution in [0.5, 0.6) is 0 Å². The third kappa shape index (κ3) is 13.8. The maximum absolute atomic E-state index is 8.55. The number of hydrogen-bond donors (Lipinski definition) is 4. The molecule has 0 rings (SSSR count). The van der Waals surface area contributed by atoms with E-state index in [1.54, 1.807) is 0 Å². The quantitative estimate of drug-likeness (QED) is 0.351. The van der Waals surface area contributed by atoms with Gasteiger partial charge in [-0.1, -0.05) is 0 Å². The summed E-state index contributed by atoms with van der Waals surface area (Å²) in [5.74, 6) is 0. The lowest BCUT2D eigenvalue weighted by atomic mass is 10.3. The fourth-order valence-electron chi connectivity index (χ4n) is 1.31. The molecule has 0 heterocycles. The first kappa shape index (κ1) is 14.8. The van der Waals surface area contributed by atoms with Gasteiger partial charge in [-0.2, -0.15) is 0 Å². The highest BCUT2D eigenvalue weighted by Crippen LogP contribution is 1.85. The maximum atomic E-state index is 8.55. The van der Waals surface area contributed by atoms with Gasteiger partial charge in [0, 0.05) is 13.2 Å². The molecule has 0 aliphatic rings. The second-order valence-electron chi connectivity index (χ2n) is 3.71. The van der Waals surface area contributed by atoms with Crippen molar-refractivity contribution in [3.8, 4) is 0 Å². The molecule has 0 aromatic carbocycles. The molecular weight excluding hydrogens is 192 g/mol. The summed E-state index contributed by atoms with van der Waals surface area (Å²) in [5.41, 5.74) is 0. The van der Waals surface area contributed by atoms with Crippen LogP contribution in [0.4, 0.5) is 0 Å². The topological polar surface area (TPSA) is 64.5 Å². The molecule has 0 aromatic rings. The van der Waals surface area contributed by atoms with E-state index in [1.165, 1.54) is 0 Å². The minimum Gasteiger partial charge on any atom is -0.396 e. The first-order valence-corrected chi connectivity index (χ1v) is 6.05. The molecule has 0 aromatic heterocycles. The van der Waals surface area contributed by atoms with Crippen molar-refractivity contribution in [3.63, 3.8) is 0 Å². The van der Waals surface area contributed by atoms with Gasteiger partial charge in [0.05, 0.1) is 0 Å². The molecular formula is C11H26N2O2. The molecule has 92 valence electrons. The Bertz CT molecular complexity index is 101. The zero-order chi connectivity index (χ0) is 11.2. The number of rotatable bonds is 12. The summed E-state index contributed by atoms with van der Waals surface area (Å²) >= 11 is 0. The van der Waals surface area contributed by atoms with Crippen LogP contribution in [0.15, 0.2) is 0 Å². The molecule has 4 N–H and O–H groups in total. The van der Waals surface area contributed by atoms with Crippen LogP contribution in [-0.2, 0) is 0 Å².